The first-order chi connectivity index (χ1) is 14.9. The molecule has 0 saturated carbocycles. The third-order valence-electron chi connectivity index (χ3n) is 5.09. The highest BCUT2D eigenvalue weighted by atomic mass is 32.2. The molecule has 0 spiro atoms. The number of Topliss-reactive ketones (excluding diaryl/α,β-unsaturated/α-hetero) is 1. The number of ketones is 1. The molecule has 0 amide bonds. The minimum absolute atomic E-state index is 0.154. The second kappa shape index (κ2) is 10.3. The highest BCUT2D eigenvalue weighted by molar-refractivity contribution is 7.98. The lowest BCUT2D eigenvalue weighted by atomic mass is 10.1. The third-order valence-corrected chi connectivity index (χ3v) is 7.73. The Balaban J connectivity index is 1.64. The summed E-state index contributed by atoms with van der Waals surface area (Å²) in [5.74, 6) is -0.714. The van der Waals surface area contributed by atoms with Gasteiger partial charge in [0.1, 0.15) is 11.3 Å². The van der Waals surface area contributed by atoms with Crippen molar-refractivity contribution in [2.24, 2.45) is 0 Å². The van der Waals surface area contributed by atoms with Crippen molar-refractivity contribution in [1.29, 1.82) is 0 Å². The fourth-order valence-electron chi connectivity index (χ4n) is 3.33. The van der Waals surface area contributed by atoms with Gasteiger partial charge in [-0.3, -0.25) is 4.79 Å². The first kappa shape index (κ1) is 23.3. The molecule has 2 aromatic rings. The highest BCUT2D eigenvalue weighted by Crippen LogP contribution is 2.26. The molecule has 0 atom stereocenters. The molecule has 0 aromatic heterocycles. The molecule has 0 aliphatic carbocycles. The summed E-state index contributed by atoms with van der Waals surface area (Å²) in [5, 5.41) is 0. The zero-order chi connectivity index (χ0) is 22.4. The van der Waals surface area contributed by atoms with Gasteiger partial charge in [0, 0.05) is 23.5 Å². The van der Waals surface area contributed by atoms with Crippen LogP contribution in [0.5, 0.6) is 5.75 Å². The summed E-state index contributed by atoms with van der Waals surface area (Å²) in [6.07, 6.45) is 4.65. The smallest absolute Gasteiger partial charge is 0.342 e. The van der Waals surface area contributed by atoms with Gasteiger partial charge >= 0.3 is 5.97 Å². The van der Waals surface area contributed by atoms with Gasteiger partial charge in [-0.2, -0.15) is 4.31 Å². The van der Waals surface area contributed by atoms with Crippen LogP contribution in [0.4, 0.5) is 0 Å². The van der Waals surface area contributed by atoms with Crippen molar-refractivity contribution in [3.8, 4) is 5.75 Å². The average Bonchev–Trinajstić information content (AvgIpc) is 2.82. The van der Waals surface area contributed by atoms with Gasteiger partial charge in [0.2, 0.25) is 10.0 Å². The average molecular weight is 464 g/mol. The van der Waals surface area contributed by atoms with E-state index in [0.29, 0.717) is 18.8 Å². The summed E-state index contributed by atoms with van der Waals surface area (Å²) >= 11 is 1.51. The van der Waals surface area contributed by atoms with Crippen molar-refractivity contribution < 1.29 is 27.5 Å². The summed E-state index contributed by atoms with van der Waals surface area (Å²) in [7, 11) is -2.10. The van der Waals surface area contributed by atoms with E-state index in [1.54, 1.807) is 18.2 Å². The second-order valence-electron chi connectivity index (χ2n) is 7.05. The number of ether oxygens (including phenoxy) is 2. The molecule has 0 bridgehead atoms. The van der Waals surface area contributed by atoms with Crippen LogP contribution in [0.3, 0.4) is 0 Å². The van der Waals surface area contributed by atoms with Gasteiger partial charge in [0.15, 0.2) is 12.4 Å². The van der Waals surface area contributed by atoms with Crippen LogP contribution in [0.2, 0.25) is 0 Å². The minimum Gasteiger partial charge on any atom is -0.496 e. The standard InChI is InChI=1S/C22H25NO6S2/c1-28-21-14-17(30-2)8-11-19(21)22(25)29-15-20(24)16-6-9-18(10-7-16)31(26,27)23-12-4-3-5-13-23/h6-11,14H,3-5,12-13,15H2,1-2H3. The van der Waals surface area contributed by atoms with E-state index in [1.165, 1.54) is 47.4 Å². The molecule has 0 radical (unpaired) electrons. The molecule has 1 fully saturated rings. The summed E-state index contributed by atoms with van der Waals surface area (Å²) in [6.45, 7) is 0.575. The quantitative estimate of drug-likeness (QED) is 0.335. The van der Waals surface area contributed by atoms with Crippen LogP contribution in [-0.4, -0.2) is 57.5 Å². The molecule has 1 aliphatic rings. The van der Waals surface area contributed by atoms with Gasteiger partial charge < -0.3 is 9.47 Å². The number of nitrogens with zero attached hydrogens (tertiary/aromatic N) is 1. The van der Waals surface area contributed by atoms with Crippen molar-refractivity contribution in [2.45, 2.75) is 29.1 Å². The lowest BCUT2D eigenvalue weighted by molar-refractivity contribution is 0.0471. The number of piperidine rings is 1. The monoisotopic (exact) mass is 463 g/mol. The van der Waals surface area contributed by atoms with Gasteiger partial charge in [0.05, 0.1) is 12.0 Å². The molecule has 0 unspecified atom stereocenters. The van der Waals surface area contributed by atoms with Gasteiger partial charge in [-0.1, -0.05) is 6.42 Å². The summed E-state index contributed by atoms with van der Waals surface area (Å²) in [5.41, 5.74) is 0.506. The fourth-order valence-corrected chi connectivity index (χ4v) is 5.27. The highest BCUT2D eigenvalue weighted by Gasteiger charge is 2.26. The Morgan fingerprint density at radius 1 is 1.03 bits per heavy atom. The van der Waals surface area contributed by atoms with E-state index in [-0.39, 0.29) is 16.0 Å². The zero-order valence-electron chi connectivity index (χ0n) is 17.5. The largest absolute Gasteiger partial charge is 0.496 e. The SMILES string of the molecule is COc1cc(SC)ccc1C(=O)OCC(=O)c1ccc(S(=O)(=O)N2CCCCC2)cc1. The van der Waals surface area contributed by atoms with Crippen LogP contribution in [-0.2, 0) is 14.8 Å². The van der Waals surface area contributed by atoms with Crippen molar-refractivity contribution in [2.75, 3.05) is 33.1 Å². The Kier molecular flexibility index (Phi) is 7.74. The Labute approximate surface area is 186 Å². The molecule has 9 heteroatoms. The number of hydrogen-bond donors (Lipinski definition) is 0. The van der Waals surface area contributed by atoms with Gasteiger partial charge in [-0.15, -0.1) is 11.8 Å². The van der Waals surface area contributed by atoms with E-state index in [2.05, 4.69) is 0 Å². The number of thioether (sulfide) groups is 1. The Morgan fingerprint density at radius 3 is 2.32 bits per heavy atom. The topological polar surface area (TPSA) is 90.0 Å². The zero-order valence-corrected chi connectivity index (χ0v) is 19.1. The number of carbonyl (C=O) groups excluding carboxylic acids is 2. The maximum Gasteiger partial charge on any atom is 0.342 e. The first-order valence-corrected chi connectivity index (χ1v) is 12.6. The van der Waals surface area contributed by atoms with E-state index in [1.807, 2.05) is 6.26 Å². The predicted molar refractivity (Wildman–Crippen MR) is 118 cm³/mol. The molecule has 166 valence electrons. The van der Waals surface area contributed by atoms with Crippen molar-refractivity contribution in [3.63, 3.8) is 0 Å². The summed E-state index contributed by atoms with van der Waals surface area (Å²) in [6, 6.07) is 10.8. The van der Waals surface area contributed by atoms with E-state index in [9.17, 15) is 18.0 Å². The number of rotatable bonds is 8. The molecule has 1 heterocycles. The molecule has 1 saturated heterocycles. The number of sulfonamides is 1. The molecule has 0 N–H and O–H groups in total. The van der Waals surface area contributed by atoms with Crippen molar-refractivity contribution in [3.05, 3.63) is 53.6 Å². The van der Waals surface area contributed by atoms with Gasteiger partial charge in [0.25, 0.3) is 0 Å². The second-order valence-corrected chi connectivity index (χ2v) is 9.87. The number of carbonyl (C=O) groups is 2. The van der Waals surface area contributed by atoms with Crippen molar-refractivity contribution in [1.82, 2.24) is 4.31 Å². The number of benzene rings is 2. The minimum atomic E-state index is -3.56. The van der Waals surface area contributed by atoms with Gasteiger partial charge in [-0.25, -0.2) is 13.2 Å². The number of hydrogen-bond acceptors (Lipinski definition) is 7. The van der Waals surface area contributed by atoms with E-state index >= 15 is 0 Å². The van der Waals surface area contributed by atoms with Crippen LogP contribution < -0.4 is 4.74 Å². The maximum absolute atomic E-state index is 12.7. The van der Waals surface area contributed by atoms with E-state index in [4.69, 9.17) is 9.47 Å². The summed E-state index contributed by atoms with van der Waals surface area (Å²) < 4.78 is 37.3. The van der Waals surface area contributed by atoms with Crippen LogP contribution >= 0.6 is 11.8 Å². The molecule has 2 aromatic carbocycles. The number of methoxy groups -OCH3 is 1. The van der Waals surface area contributed by atoms with E-state index in [0.717, 1.165) is 24.2 Å². The molecule has 3 rings (SSSR count). The third kappa shape index (κ3) is 5.47. The van der Waals surface area contributed by atoms with Crippen LogP contribution in [0.25, 0.3) is 0 Å². The van der Waals surface area contributed by atoms with Crippen LogP contribution in [0, 0.1) is 0 Å². The molecular weight excluding hydrogens is 438 g/mol. The molecule has 1 aliphatic heterocycles. The fraction of sp³-hybridized carbons (Fsp3) is 0.364. The predicted octanol–water partition coefficient (Wildman–Crippen LogP) is 3.63. The first-order valence-electron chi connectivity index (χ1n) is 9.89. The van der Waals surface area contributed by atoms with Crippen LogP contribution in [0.15, 0.2) is 52.3 Å². The maximum atomic E-state index is 12.7. The Hall–Kier alpha value is -2.36. The Morgan fingerprint density at radius 2 is 1.71 bits per heavy atom. The van der Waals surface area contributed by atoms with E-state index < -0.39 is 28.4 Å². The molecule has 31 heavy (non-hydrogen) atoms. The molecular formula is C22H25NO6S2. The summed E-state index contributed by atoms with van der Waals surface area (Å²) in [4.78, 5) is 25.9. The molecule has 7 nitrogen and oxygen atoms in total. The van der Waals surface area contributed by atoms with Crippen molar-refractivity contribution >= 4 is 33.5 Å². The normalized spacial score (nSPS) is 14.8. The van der Waals surface area contributed by atoms with Crippen LogP contribution in [0.1, 0.15) is 40.0 Å². The lowest BCUT2D eigenvalue weighted by Crippen LogP contribution is -2.35. The van der Waals surface area contributed by atoms with Gasteiger partial charge in [-0.05, 0) is 61.6 Å². The Bertz CT molecular complexity index is 1040. The number of esters is 1. The lowest BCUT2D eigenvalue weighted by Gasteiger charge is -2.25.